The van der Waals surface area contributed by atoms with Crippen LogP contribution in [0.25, 0.3) is 0 Å². The van der Waals surface area contributed by atoms with E-state index in [4.69, 9.17) is 4.74 Å². The molecule has 4 heteroatoms. The summed E-state index contributed by atoms with van der Waals surface area (Å²) in [6, 6.07) is 0. The Morgan fingerprint density at radius 1 is 1.30 bits per heavy atom. The van der Waals surface area contributed by atoms with Crippen molar-refractivity contribution in [3.05, 3.63) is 11.9 Å². The predicted molar refractivity (Wildman–Crippen MR) is 85.3 cm³/mol. The van der Waals surface area contributed by atoms with Crippen molar-refractivity contribution in [1.29, 1.82) is 0 Å². The number of ether oxygens (including phenoxy) is 1. The zero-order chi connectivity index (χ0) is 14.8. The Kier molecular flexibility index (Phi) is 8.35. The first-order valence-electron chi connectivity index (χ1n) is 7.98. The van der Waals surface area contributed by atoms with Gasteiger partial charge in [0, 0.05) is 32.5 Å². The summed E-state index contributed by atoms with van der Waals surface area (Å²) in [4.78, 5) is 4.55. The van der Waals surface area contributed by atoms with Crippen LogP contribution in [0.2, 0.25) is 0 Å². The minimum absolute atomic E-state index is 0.796. The lowest BCUT2D eigenvalue weighted by atomic mass is 10.1. The molecule has 0 saturated carbocycles. The summed E-state index contributed by atoms with van der Waals surface area (Å²) in [5.74, 6) is 1.81. The third kappa shape index (κ3) is 6.94. The number of anilines is 1. The normalized spacial score (nSPS) is 11.2. The fourth-order valence-corrected chi connectivity index (χ4v) is 2.22. The van der Waals surface area contributed by atoms with Crippen LogP contribution >= 0.6 is 0 Å². The standard InChI is InChI=1S/C16H31N3O/c1-5-20-12-8-11-19-13-15(4)18-16(19)17-10-7-6-9-14(2)3/h13-14H,5-12H2,1-4H3,(H,17,18). The third-order valence-corrected chi connectivity index (χ3v) is 3.28. The second kappa shape index (κ2) is 9.81. The molecule has 0 unspecified atom stereocenters. The van der Waals surface area contributed by atoms with Crippen molar-refractivity contribution < 1.29 is 4.74 Å². The molecule has 0 saturated heterocycles. The maximum absolute atomic E-state index is 5.38. The number of hydrogen-bond donors (Lipinski definition) is 1. The Bertz CT molecular complexity index is 361. The quantitative estimate of drug-likeness (QED) is 0.626. The van der Waals surface area contributed by atoms with Crippen molar-refractivity contribution >= 4 is 5.95 Å². The summed E-state index contributed by atoms with van der Waals surface area (Å²) in [6.07, 6.45) is 6.95. The molecule has 0 radical (unpaired) electrons. The molecule has 1 aromatic heterocycles. The molecule has 1 rings (SSSR count). The number of hydrogen-bond acceptors (Lipinski definition) is 3. The Morgan fingerprint density at radius 2 is 2.10 bits per heavy atom. The van der Waals surface area contributed by atoms with E-state index in [1.54, 1.807) is 0 Å². The summed E-state index contributed by atoms with van der Waals surface area (Å²) >= 11 is 0. The van der Waals surface area contributed by atoms with E-state index >= 15 is 0 Å². The van der Waals surface area contributed by atoms with Gasteiger partial charge in [0.1, 0.15) is 0 Å². The van der Waals surface area contributed by atoms with Crippen LogP contribution in [-0.4, -0.2) is 29.3 Å². The summed E-state index contributed by atoms with van der Waals surface area (Å²) in [5, 5.41) is 3.46. The molecule has 0 atom stereocenters. The lowest BCUT2D eigenvalue weighted by Gasteiger charge is -2.10. The van der Waals surface area contributed by atoms with Crippen LogP contribution in [0.5, 0.6) is 0 Å². The Labute approximate surface area is 123 Å². The smallest absolute Gasteiger partial charge is 0.203 e. The van der Waals surface area contributed by atoms with Gasteiger partial charge in [-0.2, -0.15) is 0 Å². The molecule has 116 valence electrons. The molecule has 0 aromatic carbocycles. The molecule has 0 bridgehead atoms. The molecule has 0 amide bonds. The monoisotopic (exact) mass is 281 g/mol. The first-order valence-corrected chi connectivity index (χ1v) is 7.98. The zero-order valence-corrected chi connectivity index (χ0v) is 13.6. The van der Waals surface area contributed by atoms with Crippen molar-refractivity contribution in [2.45, 2.75) is 59.9 Å². The first-order chi connectivity index (χ1) is 9.63. The summed E-state index contributed by atoms with van der Waals surface area (Å²) < 4.78 is 7.59. The van der Waals surface area contributed by atoms with Crippen LogP contribution < -0.4 is 5.32 Å². The van der Waals surface area contributed by atoms with Gasteiger partial charge in [0.2, 0.25) is 5.95 Å². The van der Waals surface area contributed by atoms with Gasteiger partial charge in [-0.1, -0.05) is 26.7 Å². The van der Waals surface area contributed by atoms with E-state index in [9.17, 15) is 0 Å². The number of unbranched alkanes of at least 4 members (excludes halogenated alkanes) is 1. The maximum Gasteiger partial charge on any atom is 0.203 e. The van der Waals surface area contributed by atoms with Crippen LogP contribution in [0.4, 0.5) is 5.95 Å². The SMILES string of the molecule is CCOCCCn1cc(C)nc1NCCCCC(C)C. The van der Waals surface area contributed by atoms with Crippen LogP contribution in [0, 0.1) is 12.8 Å². The summed E-state index contributed by atoms with van der Waals surface area (Å²) in [5.41, 5.74) is 1.08. The van der Waals surface area contributed by atoms with Crippen LogP contribution in [-0.2, 0) is 11.3 Å². The van der Waals surface area contributed by atoms with Gasteiger partial charge < -0.3 is 14.6 Å². The molecule has 0 fully saturated rings. The van der Waals surface area contributed by atoms with Crippen molar-refractivity contribution in [2.24, 2.45) is 5.92 Å². The number of nitrogens with one attached hydrogen (secondary N) is 1. The maximum atomic E-state index is 5.38. The number of nitrogens with zero attached hydrogens (tertiary/aromatic N) is 2. The number of aromatic nitrogens is 2. The van der Waals surface area contributed by atoms with Crippen LogP contribution in [0.3, 0.4) is 0 Å². The fourth-order valence-electron chi connectivity index (χ4n) is 2.22. The molecule has 0 aliphatic heterocycles. The van der Waals surface area contributed by atoms with Crippen LogP contribution in [0.15, 0.2) is 6.20 Å². The highest BCUT2D eigenvalue weighted by Gasteiger charge is 2.04. The minimum atomic E-state index is 0.796. The fraction of sp³-hybridized carbons (Fsp3) is 0.812. The van der Waals surface area contributed by atoms with E-state index in [0.29, 0.717) is 0 Å². The van der Waals surface area contributed by atoms with Gasteiger partial charge in [-0.05, 0) is 32.6 Å². The lowest BCUT2D eigenvalue weighted by molar-refractivity contribution is 0.142. The second-order valence-electron chi connectivity index (χ2n) is 5.77. The molecule has 4 nitrogen and oxygen atoms in total. The molecular weight excluding hydrogens is 250 g/mol. The second-order valence-corrected chi connectivity index (χ2v) is 5.77. The van der Waals surface area contributed by atoms with E-state index in [0.717, 1.165) is 50.3 Å². The van der Waals surface area contributed by atoms with E-state index < -0.39 is 0 Å². The molecule has 0 aliphatic carbocycles. The Morgan fingerprint density at radius 3 is 2.80 bits per heavy atom. The number of rotatable bonds is 11. The Hall–Kier alpha value is -1.03. The summed E-state index contributed by atoms with van der Waals surface area (Å²) in [6.45, 7) is 12.2. The van der Waals surface area contributed by atoms with Gasteiger partial charge in [-0.3, -0.25) is 0 Å². The van der Waals surface area contributed by atoms with E-state index in [-0.39, 0.29) is 0 Å². The highest BCUT2D eigenvalue weighted by atomic mass is 16.5. The van der Waals surface area contributed by atoms with E-state index in [1.165, 1.54) is 19.3 Å². The lowest BCUT2D eigenvalue weighted by Crippen LogP contribution is -2.10. The number of aryl methyl sites for hydroxylation is 2. The minimum Gasteiger partial charge on any atom is -0.382 e. The topological polar surface area (TPSA) is 39.1 Å². The van der Waals surface area contributed by atoms with Crippen molar-refractivity contribution in [3.8, 4) is 0 Å². The molecule has 1 N–H and O–H groups in total. The molecule has 1 aromatic rings. The van der Waals surface area contributed by atoms with Crippen LogP contribution in [0.1, 0.15) is 52.1 Å². The van der Waals surface area contributed by atoms with Gasteiger partial charge in [0.25, 0.3) is 0 Å². The zero-order valence-electron chi connectivity index (χ0n) is 13.6. The molecule has 0 aliphatic rings. The molecule has 0 spiro atoms. The first kappa shape index (κ1) is 17.0. The van der Waals surface area contributed by atoms with Gasteiger partial charge in [0.05, 0.1) is 5.69 Å². The highest BCUT2D eigenvalue weighted by molar-refractivity contribution is 5.28. The largest absolute Gasteiger partial charge is 0.382 e. The van der Waals surface area contributed by atoms with E-state index in [2.05, 4.69) is 34.9 Å². The van der Waals surface area contributed by atoms with Gasteiger partial charge >= 0.3 is 0 Å². The average Bonchev–Trinajstić information content (AvgIpc) is 2.74. The molecular formula is C16H31N3O. The Balaban J connectivity index is 2.29. The average molecular weight is 281 g/mol. The van der Waals surface area contributed by atoms with Gasteiger partial charge in [-0.25, -0.2) is 4.98 Å². The van der Waals surface area contributed by atoms with Crippen molar-refractivity contribution in [1.82, 2.24) is 9.55 Å². The summed E-state index contributed by atoms with van der Waals surface area (Å²) in [7, 11) is 0. The number of imidazole rings is 1. The van der Waals surface area contributed by atoms with Gasteiger partial charge in [-0.15, -0.1) is 0 Å². The van der Waals surface area contributed by atoms with Crippen molar-refractivity contribution in [2.75, 3.05) is 25.1 Å². The van der Waals surface area contributed by atoms with Gasteiger partial charge in [0.15, 0.2) is 0 Å². The highest BCUT2D eigenvalue weighted by Crippen LogP contribution is 2.11. The molecule has 1 heterocycles. The predicted octanol–water partition coefficient (Wildman–Crippen LogP) is 3.86. The van der Waals surface area contributed by atoms with E-state index in [1.807, 2.05) is 13.8 Å². The molecule has 20 heavy (non-hydrogen) atoms. The third-order valence-electron chi connectivity index (χ3n) is 3.28. The van der Waals surface area contributed by atoms with Crippen molar-refractivity contribution in [3.63, 3.8) is 0 Å².